The first kappa shape index (κ1) is 11.9. The van der Waals surface area contributed by atoms with E-state index in [-0.39, 0.29) is 5.78 Å². The highest BCUT2D eigenvalue weighted by Crippen LogP contribution is 2.42. The van der Waals surface area contributed by atoms with Crippen LogP contribution in [-0.2, 0) is 0 Å². The molecule has 0 aromatic heterocycles. The second-order valence-electron chi connectivity index (χ2n) is 5.06. The highest BCUT2D eigenvalue weighted by Gasteiger charge is 2.29. The van der Waals surface area contributed by atoms with Crippen LogP contribution in [0.5, 0.6) is 0 Å². The number of fused-ring (bicyclic) bond motifs is 1. The molecule has 0 heterocycles. The van der Waals surface area contributed by atoms with Crippen LogP contribution in [0.15, 0.2) is 60.2 Å². The number of Topliss-reactive ketones (excluding diaryl/α,β-unsaturated/α-hetero) is 1. The maximum Gasteiger partial charge on any atom is 0.193 e. The Bertz CT molecular complexity index is 665. The van der Waals surface area contributed by atoms with E-state index in [1.54, 1.807) is 0 Å². The molecule has 2 aromatic rings. The van der Waals surface area contributed by atoms with E-state index in [0.29, 0.717) is 5.92 Å². The first-order valence-corrected chi connectivity index (χ1v) is 6.60. The van der Waals surface area contributed by atoms with E-state index >= 15 is 0 Å². The van der Waals surface area contributed by atoms with Crippen molar-refractivity contribution in [1.82, 2.24) is 0 Å². The zero-order valence-electron chi connectivity index (χ0n) is 11.2. The first-order chi connectivity index (χ1) is 9.20. The molecule has 0 saturated carbocycles. The molecule has 1 aliphatic rings. The average Bonchev–Trinajstić information content (AvgIpc) is 2.72. The van der Waals surface area contributed by atoms with Gasteiger partial charge in [0.25, 0.3) is 0 Å². The lowest BCUT2D eigenvalue weighted by Crippen LogP contribution is -2.02. The lowest BCUT2D eigenvalue weighted by atomic mass is 9.97. The second kappa shape index (κ2) is 4.51. The lowest BCUT2D eigenvalue weighted by Gasteiger charge is -2.05. The SMILES string of the molecule is CC1=C(C(=O)c2ccccc2)c2ccccc2C1C. The molecule has 94 valence electrons. The van der Waals surface area contributed by atoms with Crippen LogP contribution in [0, 0.1) is 0 Å². The Balaban J connectivity index is 2.13. The van der Waals surface area contributed by atoms with Crippen LogP contribution >= 0.6 is 0 Å². The lowest BCUT2D eigenvalue weighted by molar-refractivity contribution is 0.105. The molecule has 1 heteroatoms. The van der Waals surface area contributed by atoms with Crippen LogP contribution in [0.1, 0.15) is 41.3 Å². The number of ketones is 1. The van der Waals surface area contributed by atoms with Crippen molar-refractivity contribution in [3.8, 4) is 0 Å². The van der Waals surface area contributed by atoms with Crippen LogP contribution in [-0.4, -0.2) is 5.78 Å². The van der Waals surface area contributed by atoms with Gasteiger partial charge in [-0.25, -0.2) is 0 Å². The van der Waals surface area contributed by atoms with Gasteiger partial charge in [-0.1, -0.05) is 67.1 Å². The number of hydrogen-bond acceptors (Lipinski definition) is 1. The topological polar surface area (TPSA) is 17.1 Å². The van der Waals surface area contributed by atoms with Crippen molar-refractivity contribution >= 4 is 11.4 Å². The van der Waals surface area contributed by atoms with Crippen molar-refractivity contribution in [2.45, 2.75) is 19.8 Å². The first-order valence-electron chi connectivity index (χ1n) is 6.60. The van der Waals surface area contributed by atoms with Gasteiger partial charge in [-0.05, 0) is 18.1 Å². The Hall–Kier alpha value is -2.15. The molecule has 0 radical (unpaired) electrons. The van der Waals surface area contributed by atoms with Gasteiger partial charge in [-0.3, -0.25) is 4.79 Å². The van der Waals surface area contributed by atoms with Crippen LogP contribution in [0.25, 0.3) is 5.57 Å². The molecule has 1 atom stereocenters. The van der Waals surface area contributed by atoms with E-state index in [9.17, 15) is 4.79 Å². The van der Waals surface area contributed by atoms with Gasteiger partial charge in [0.05, 0.1) is 0 Å². The summed E-state index contributed by atoms with van der Waals surface area (Å²) in [5, 5.41) is 0. The molecule has 0 spiro atoms. The predicted octanol–water partition coefficient (Wildman–Crippen LogP) is 4.46. The molecule has 2 aromatic carbocycles. The summed E-state index contributed by atoms with van der Waals surface area (Å²) < 4.78 is 0. The molecule has 1 aliphatic carbocycles. The molecule has 0 N–H and O–H groups in total. The summed E-state index contributed by atoms with van der Waals surface area (Å²) in [5.41, 5.74) is 5.19. The molecular weight excluding hydrogens is 232 g/mol. The highest BCUT2D eigenvalue weighted by atomic mass is 16.1. The fourth-order valence-electron chi connectivity index (χ4n) is 2.80. The maximum absolute atomic E-state index is 12.7. The normalized spacial score (nSPS) is 17.5. The summed E-state index contributed by atoms with van der Waals surface area (Å²) in [6.07, 6.45) is 0. The molecule has 0 fully saturated rings. The number of hydrogen-bond donors (Lipinski definition) is 0. The van der Waals surface area contributed by atoms with Crippen molar-refractivity contribution in [2.75, 3.05) is 0 Å². The minimum absolute atomic E-state index is 0.134. The van der Waals surface area contributed by atoms with E-state index in [4.69, 9.17) is 0 Å². The number of benzene rings is 2. The van der Waals surface area contributed by atoms with E-state index in [2.05, 4.69) is 26.0 Å². The monoisotopic (exact) mass is 248 g/mol. The third-order valence-corrected chi connectivity index (χ3v) is 4.00. The molecular formula is C18H16O. The fraction of sp³-hybridized carbons (Fsp3) is 0.167. The number of allylic oxidation sites excluding steroid dienone is 2. The van der Waals surface area contributed by atoms with Crippen molar-refractivity contribution in [1.29, 1.82) is 0 Å². The van der Waals surface area contributed by atoms with Crippen molar-refractivity contribution in [2.24, 2.45) is 0 Å². The van der Waals surface area contributed by atoms with Gasteiger partial charge in [-0.2, -0.15) is 0 Å². The molecule has 0 saturated heterocycles. The van der Waals surface area contributed by atoms with Crippen molar-refractivity contribution in [3.63, 3.8) is 0 Å². The molecule has 0 aliphatic heterocycles. The summed E-state index contributed by atoms with van der Waals surface area (Å²) in [4.78, 5) is 12.7. The van der Waals surface area contributed by atoms with Gasteiger partial charge in [-0.15, -0.1) is 0 Å². The zero-order chi connectivity index (χ0) is 13.4. The molecule has 3 rings (SSSR count). The Kier molecular flexibility index (Phi) is 2.83. The predicted molar refractivity (Wildman–Crippen MR) is 78.2 cm³/mol. The van der Waals surface area contributed by atoms with Gasteiger partial charge in [0.2, 0.25) is 0 Å². The Labute approximate surface area is 113 Å². The molecule has 1 unspecified atom stereocenters. The van der Waals surface area contributed by atoms with Crippen LogP contribution in [0.4, 0.5) is 0 Å². The molecule has 0 amide bonds. The van der Waals surface area contributed by atoms with E-state index < -0.39 is 0 Å². The van der Waals surface area contributed by atoms with Gasteiger partial charge in [0.1, 0.15) is 0 Å². The summed E-state index contributed by atoms with van der Waals surface area (Å²) in [6.45, 7) is 4.24. The fourth-order valence-corrected chi connectivity index (χ4v) is 2.80. The van der Waals surface area contributed by atoms with Gasteiger partial charge in [0, 0.05) is 17.1 Å². The summed E-state index contributed by atoms with van der Waals surface area (Å²) in [6, 6.07) is 17.7. The van der Waals surface area contributed by atoms with E-state index in [1.165, 1.54) is 11.1 Å². The second-order valence-corrected chi connectivity index (χ2v) is 5.06. The molecule has 19 heavy (non-hydrogen) atoms. The Morgan fingerprint density at radius 2 is 1.58 bits per heavy atom. The van der Waals surface area contributed by atoms with E-state index in [1.807, 2.05) is 42.5 Å². The third-order valence-electron chi connectivity index (χ3n) is 4.00. The smallest absolute Gasteiger partial charge is 0.193 e. The minimum atomic E-state index is 0.134. The highest BCUT2D eigenvalue weighted by molar-refractivity contribution is 6.30. The Morgan fingerprint density at radius 1 is 0.947 bits per heavy atom. The number of rotatable bonds is 2. The maximum atomic E-state index is 12.7. The summed E-state index contributed by atoms with van der Waals surface area (Å²) >= 11 is 0. The average molecular weight is 248 g/mol. The summed E-state index contributed by atoms with van der Waals surface area (Å²) in [5.74, 6) is 0.466. The third kappa shape index (κ3) is 1.82. The van der Waals surface area contributed by atoms with Gasteiger partial charge < -0.3 is 0 Å². The van der Waals surface area contributed by atoms with Crippen LogP contribution in [0.2, 0.25) is 0 Å². The molecule has 1 nitrogen and oxygen atoms in total. The zero-order valence-corrected chi connectivity index (χ0v) is 11.2. The Morgan fingerprint density at radius 3 is 2.32 bits per heavy atom. The van der Waals surface area contributed by atoms with E-state index in [0.717, 1.165) is 16.7 Å². The molecule has 0 bridgehead atoms. The quantitative estimate of drug-likeness (QED) is 0.717. The van der Waals surface area contributed by atoms with Crippen LogP contribution < -0.4 is 0 Å². The van der Waals surface area contributed by atoms with Gasteiger partial charge in [0.15, 0.2) is 5.78 Å². The van der Waals surface area contributed by atoms with Crippen molar-refractivity contribution < 1.29 is 4.79 Å². The minimum Gasteiger partial charge on any atom is -0.289 e. The number of carbonyl (C=O) groups excluding carboxylic acids is 1. The summed E-state index contributed by atoms with van der Waals surface area (Å²) in [7, 11) is 0. The van der Waals surface area contributed by atoms with Crippen molar-refractivity contribution in [3.05, 3.63) is 76.9 Å². The standard InChI is InChI=1S/C18H16O/c1-12-13(2)17(16-11-7-6-10-15(12)16)18(19)14-8-4-3-5-9-14/h3-12H,1-2H3. The van der Waals surface area contributed by atoms with Crippen LogP contribution in [0.3, 0.4) is 0 Å². The largest absolute Gasteiger partial charge is 0.289 e. The van der Waals surface area contributed by atoms with Gasteiger partial charge >= 0.3 is 0 Å². The number of carbonyl (C=O) groups is 1.